The zero-order chi connectivity index (χ0) is 20.4. The van der Waals surface area contributed by atoms with E-state index in [9.17, 15) is 13.2 Å². The van der Waals surface area contributed by atoms with Crippen molar-refractivity contribution < 1.29 is 17.9 Å². The molecule has 0 aliphatic rings. The maximum absolute atomic E-state index is 13.8. The Morgan fingerprint density at radius 3 is 2.62 bits per heavy atom. The molecule has 0 fully saturated rings. The number of aryl methyl sites for hydroxylation is 1. The smallest absolute Gasteiger partial charge is 0.387 e. The standard InChI is InChI=1S/C19H15F3N6O/c1-2-16-25-14-8-3-11(20)9-15(14)28(16)17-10-23-27-19(26-17)24-12-4-6-13(7-5-12)29-18(21)22/h3-10,18H,2H2,1H3,(H,24,26,27). The molecule has 0 aliphatic heterocycles. The van der Waals surface area contributed by atoms with Crippen LogP contribution in [0.5, 0.6) is 5.75 Å². The molecule has 0 unspecified atom stereocenters. The molecule has 4 aromatic rings. The third-order valence-corrected chi connectivity index (χ3v) is 4.11. The van der Waals surface area contributed by atoms with Gasteiger partial charge < -0.3 is 10.1 Å². The Morgan fingerprint density at radius 1 is 1.10 bits per heavy atom. The van der Waals surface area contributed by atoms with Crippen molar-refractivity contribution in [3.63, 3.8) is 0 Å². The van der Waals surface area contributed by atoms with Crippen LogP contribution >= 0.6 is 0 Å². The van der Waals surface area contributed by atoms with Crippen LogP contribution in [0.4, 0.5) is 24.8 Å². The lowest BCUT2D eigenvalue weighted by Crippen LogP contribution is -2.07. The zero-order valence-electron chi connectivity index (χ0n) is 15.2. The molecule has 2 aromatic heterocycles. The fourth-order valence-electron chi connectivity index (χ4n) is 2.90. The first-order valence-electron chi connectivity index (χ1n) is 8.72. The molecular weight excluding hydrogens is 385 g/mol. The molecule has 0 amide bonds. The molecule has 2 aromatic carbocycles. The second kappa shape index (κ2) is 7.74. The highest BCUT2D eigenvalue weighted by Crippen LogP contribution is 2.23. The summed E-state index contributed by atoms with van der Waals surface area (Å²) in [5.74, 6) is 0.964. The lowest BCUT2D eigenvalue weighted by atomic mass is 10.3. The van der Waals surface area contributed by atoms with Gasteiger partial charge in [-0.1, -0.05) is 6.92 Å². The molecule has 0 bridgehead atoms. The third kappa shape index (κ3) is 3.96. The number of nitrogens with one attached hydrogen (secondary N) is 1. The van der Waals surface area contributed by atoms with Gasteiger partial charge >= 0.3 is 6.61 Å². The minimum atomic E-state index is -2.89. The van der Waals surface area contributed by atoms with E-state index in [2.05, 4.69) is 30.2 Å². The van der Waals surface area contributed by atoms with Crippen molar-refractivity contribution >= 4 is 22.7 Å². The van der Waals surface area contributed by atoms with Crippen LogP contribution in [-0.4, -0.2) is 31.3 Å². The number of hydrogen-bond acceptors (Lipinski definition) is 6. The van der Waals surface area contributed by atoms with E-state index in [4.69, 9.17) is 0 Å². The number of fused-ring (bicyclic) bond motifs is 1. The molecule has 7 nitrogen and oxygen atoms in total. The Bertz CT molecular complexity index is 1150. The molecule has 0 radical (unpaired) electrons. The van der Waals surface area contributed by atoms with E-state index >= 15 is 0 Å². The number of nitrogens with zero attached hydrogens (tertiary/aromatic N) is 5. The number of benzene rings is 2. The van der Waals surface area contributed by atoms with Crippen LogP contribution in [0.1, 0.15) is 12.7 Å². The molecule has 0 aliphatic carbocycles. The van der Waals surface area contributed by atoms with Gasteiger partial charge in [-0.25, -0.2) is 9.37 Å². The molecule has 148 valence electrons. The van der Waals surface area contributed by atoms with E-state index in [1.54, 1.807) is 22.8 Å². The van der Waals surface area contributed by atoms with E-state index in [1.165, 1.54) is 30.5 Å². The monoisotopic (exact) mass is 400 g/mol. The van der Waals surface area contributed by atoms with E-state index in [-0.39, 0.29) is 17.5 Å². The fraction of sp³-hybridized carbons (Fsp3) is 0.158. The predicted molar refractivity (Wildman–Crippen MR) is 100 cm³/mol. The SMILES string of the molecule is CCc1nc2ccc(F)cc2n1-c1cnnc(Nc2ccc(OC(F)F)cc2)n1. The number of rotatable bonds is 6. The van der Waals surface area contributed by atoms with Gasteiger partial charge in [0.1, 0.15) is 17.4 Å². The molecule has 0 saturated heterocycles. The van der Waals surface area contributed by atoms with Crippen molar-refractivity contribution in [1.29, 1.82) is 0 Å². The van der Waals surface area contributed by atoms with Crippen molar-refractivity contribution in [2.24, 2.45) is 0 Å². The Balaban J connectivity index is 1.66. The minimum absolute atomic E-state index is 0.0397. The summed E-state index contributed by atoms with van der Waals surface area (Å²) in [6, 6.07) is 10.2. The summed E-state index contributed by atoms with van der Waals surface area (Å²) in [5, 5.41) is 10.8. The summed E-state index contributed by atoms with van der Waals surface area (Å²) < 4.78 is 44.3. The Labute approximate surface area is 163 Å². The summed E-state index contributed by atoms with van der Waals surface area (Å²) >= 11 is 0. The van der Waals surface area contributed by atoms with Gasteiger partial charge in [0.2, 0.25) is 5.95 Å². The van der Waals surface area contributed by atoms with E-state index < -0.39 is 6.61 Å². The van der Waals surface area contributed by atoms with E-state index in [0.717, 1.165) is 0 Å². The fourth-order valence-corrected chi connectivity index (χ4v) is 2.90. The summed E-state index contributed by atoms with van der Waals surface area (Å²) in [5.41, 5.74) is 1.77. The Kier molecular flexibility index (Phi) is 4.98. The van der Waals surface area contributed by atoms with E-state index in [1.807, 2.05) is 6.92 Å². The van der Waals surface area contributed by atoms with Gasteiger partial charge in [-0.15, -0.1) is 5.10 Å². The second-order valence-corrected chi connectivity index (χ2v) is 6.02. The van der Waals surface area contributed by atoms with Crippen molar-refractivity contribution in [2.75, 3.05) is 5.32 Å². The summed E-state index contributed by atoms with van der Waals surface area (Å²) in [6.45, 7) is -0.953. The maximum Gasteiger partial charge on any atom is 0.387 e. The largest absolute Gasteiger partial charge is 0.435 e. The number of aromatic nitrogens is 5. The highest BCUT2D eigenvalue weighted by molar-refractivity contribution is 5.78. The number of anilines is 2. The molecule has 29 heavy (non-hydrogen) atoms. The Morgan fingerprint density at radius 2 is 1.90 bits per heavy atom. The molecule has 0 spiro atoms. The van der Waals surface area contributed by atoms with Gasteiger partial charge in [0, 0.05) is 18.2 Å². The van der Waals surface area contributed by atoms with Gasteiger partial charge in [0.05, 0.1) is 17.2 Å². The first kappa shape index (κ1) is 18.7. The van der Waals surface area contributed by atoms with Gasteiger partial charge in [-0.2, -0.15) is 18.9 Å². The molecule has 1 N–H and O–H groups in total. The Hall–Kier alpha value is -3.69. The number of halogens is 3. The minimum Gasteiger partial charge on any atom is -0.435 e. The quantitative estimate of drug-likeness (QED) is 0.521. The van der Waals surface area contributed by atoms with Crippen LogP contribution in [0.25, 0.3) is 16.9 Å². The second-order valence-electron chi connectivity index (χ2n) is 6.02. The zero-order valence-corrected chi connectivity index (χ0v) is 15.2. The third-order valence-electron chi connectivity index (χ3n) is 4.11. The first-order valence-corrected chi connectivity index (χ1v) is 8.72. The molecular formula is C19H15F3N6O. The lowest BCUT2D eigenvalue weighted by molar-refractivity contribution is -0.0498. The van der Waals surface area contributed by atoms with Gasteiger partial charge in [-0.05, 0) is 36.4 Å². The summed E-state index contributed by atoms with van der Waals surface area (Å²) in [6.07, 6.45) is 2.06. The average Bonchev–Trinajstić information content (AvgIpc) is 3.07. The van der Waals surface area contributed by atoms with Crippen molar-refractivity contribution in [2.45, 2.75) is 20.0 Å². The van der Waals surface area contributed by atoms with Gasteiger partial charge in [0.15, 0.2) is 5.82 Å². The molecule has 2 heterocycles. The lowest BCUT2D eigenvalue weighted by Gasteiger charge is -2.10. The van der Waals surface area contributed by atoms with Crippen LogP contribution in [0.2, 0.25) is 0 Å². The van der Waals surface area contributed by atoms with Crippen LogP contribution in [0.3, 0.4) is 0 Å². The van der Waals surface area contributed by atoms with Crippen molar-refractivity contribution in [3.8, 4) is 11.6 Å². The number of hydrogen-bond donors (Lipinski definition) is 1. The first-order chi connectivity index (χ1) is 14.0. The van der Waals surface area contributed by atoms with Crippen LogP contribution in [0, 0.1) is 5.82 Å². The summed E-state index contributed by atoms with van der Waals surface area (Å²) in [4.78, 5) is 8.94. The normalized spacial score (nSPS) is 11.2. The number of ether oxygens (including phenoxy) is 1. The number of alkyl halides is 2. The van der Waals surface area contributed by atoms with Gasteiger partial charge in [-0.3, -0.25) is 4.57 Å². The van der Waals surface area contributed by atoms with E-state index in [0.29, 0.717) is 34.8 Å². The van der Waals surface area contributed by atoms with Crippen molar-refractivity contribution in [1.82, 2.24) is 24.7 Å². The molecule has 4 rings (SSSR count). The number of imidazole rings is 1. The molecule has 0 atom stereocenters. The topological polar surface area (TPSA) is 77.8 Å². The summed E-state index contributed by atoms with van der Waals surface area (Å²) in [7, 11) is 0. The molecule has 10 heteroatoms. The van der Waals surface area contributed by atoms with Crippen LogP contribution in [0.15, 0.2) is 48.7 Å². The highest BCUT2D eigenvalue weighted by atomic mass is 19.3. The maximum atomic E-state index is 13.8. The van der Waals surface area contributed by atoms with Crippen LogP contribution < -0.4 is 10.1 Å². The molecule has 0 saturated carbocycles. The average molecular weight is 400 g/mol. The van der Waals surface area contributed by atoms with Crippen molar-refractivity contribution in [3.05, 3.63) is 60.3 Å². The highest BCUT2D eigenvalue weighted by Gasteiger charge is 2.14. The van der Waals surface area contributed by atoms with Gasteiger partial charge in [0.25, 0.3) is 0 Å². The van der Waals surface area contributed by atoms with Crippen LogP contribution in [-0.2, 0) is 6.42 Å². The predicted octanol–water partition coefficient (Wildman–Crippen LogP) is 4.26.